The fourth-order valence-electron chi connectivity index (χ4n) is 5.35. The number of ketones is 1. The van der Waals surface area contributed by atoms with Crippen LogP contribution < -0.4 is 0 Å². The molecule has 1 heteroatoms. The molecule has 3 aliphatic rings. The summed E-state index contributed by atoms with van der Waals surface area (Å²) in [5.74, 6) is 1.08. The van der Waals surface area contributed by atoms with Crippen LogP contribution in [0.1, 0.15) is 42.9 Å². The Bertz CT molecular complexity index is 873. The van der Waals surface area contributed by atoms with E-state index < -0.39 is 0 Å². The maximum Gasteiger partial charge on any atom is 0.144 e. The molecule has 0 heterocycles. The maximum atomic E-state index is 13.0. The van der Waals surface area contributed by atoms with Gasteiger partial charge in [-0.3, -0.25) is 4.79 Å². The Labute approximate surface area is 137 Å². The van der Waals surface area contributed by atoms with Crippen molar-refractivity contribution in [1.82, 2.24) is 0 Å². The molecule has 0 radical (unpaired) electrons. The summed E-state index contributed by atoms with van der Waals surface area (Å²) in [6.07, 6.45) is 8.40. The lowest BCUT2D eigenvalue weighted by Gasteiger charge is -2.39. The third-order valence-corrected chi connectivity index (χ3v) is 6.61. The highest BCUT2D eigenvalue weighted by Gasteiger charge is 2.53. The molecule has 2 atom stereocenters. The second kappa shape index (κ2) is 4.56. The zero-order chi connectivity index (χ0) is 15.6. The average molecular weight is 302 g/mol. The predicted octanol–water partition coefficient (Wildman–Crippen LogP) is 4.80. The van der Waals surface area contributed by atoms with Gasteiger partial charge >= 0.3 is 0 Å². The van der Waals surface area contributed by atoms with Crippen LogP contribution >= 0.6 is 0 Å². The summed E-state index contributed by atoms with van der Waals surface area (Å²) in [6, 6.07) is 11.2. The largest absolute Gasteiger partial charge is 0.299 e. The molecule has 23 heavy (non-hydrogen) atoms. The Morgan fingerprint density at radius 3 is 2.83 bits per heavy atom. The second-order valence-corrected chi connectivity index (χ2v) is 7.72. The molecule has 0 saturated heterocycles. The van der Waals surface area contributed by atoms with Gasteiger partial charge in [-0.1, -0.05) is 48.9 Å². The number of fused-ring (bicyclic) bond motifs is 5. The lowest BCUT2D eigenvalue weighted by Crippen LogP contribution is -2.42. The van der Waals surface area contributed by atoms with E-state index in [0.717, 1.165) is 25.7 Å². The number of hydrogen-bond donors (Lipinski definition) is 0. The monoisotopic (exact) mass is 302 g/mol. The minimum absolute atomic E-state index is 0.0636. The van der Waals surface area contributed by atoms with Crippen molar-refractivity contribution in [1.29, 1.82) is 0 Å². The van der Waals surface area contributed by atoms with Gasteiger partial charge in [0.05, 0.1) is 0 Å². The fraction of sp³-hybridized carbons (Fsp3) is 0.409. The molecule has 5 rings (SSSR count). The van der Waals surface area contributed by atoms with E-state index in [4.69, 9.17) is 0 Å². The van der Waals surface area contributed by atoms with Crippen molar-refractivity contribution in [3.05, 3.63) is 58.7 Å². The van der Waals surface area contributed by atoms with Crippen molar-refractivity contribution in [2.45, 2.75) is 45.4 Å². The molecule has 1 fully saturated rings. The summed E-state index contributed by atoms with van der Waals surface area (Å²) in [4.78, 5) is 13.0. The first-order chi connectivity index (χ1) is 11.2. The first-order valence-electron chi connectivity index (χ1n) is 8.94. The van der Waals surface area contributed by atoms with E-state index in [0.29, 0.717) is 18.1 Å². The molecule has 2 aromatic carbocycles. The molecule has 2 aromatic rings. The van der Waals surface area contributed by atoms with Gasteiger partial charge in [-0.2, -0.15) is 0 Å². The normalized spacial score (nSPS) is 28.5. The zero-order valence-electron chi connectivity index (χ0n) is 13.7. The molecule has 0 aliphatic heterocycles. The van der Waals surface area contributed by atoms with Gasteiger partial charge in [-0.15, -0.1) is 0 Å². The predicted molar refractivity (Wildman–Crippen MR) is 93.6 cm³/mol. The van der Waals surface area contributed by atoms with E-state index in [9.17, 15) is 4.79 Å². The highest BCUT2D eigenvalue weighted by Crippen LogP contribution is 2.57. The molecule has 3 aliphatic carbocycles. The van der Waals surface area contributed by atoms with E-state index in [-0.39, 0.29) is 5.41 Å². The second-order valence-electron chi connectivity index (χ2n) is 7.72. The molecule has 1 spiro atoms. The van der Waals surface area contributed by atoms with Gasteiger partial charge in [-0.05, 0) is 65.5 Å². The van der Waals surface area contributed by atoms with Gasteiger partial charge < -0.3 is 0 Å². The summed E-state index contributed by atoms with van der Waals surface area (Å²) in [5, 5.41) is 2.68. The Morgan fingerprint density at radius 1 is 1.17 bits per heavy atom. The van der Waals surface area contributed by atoms with Crippen molar-refractivity contribution in [2.75, 3.05) is 0 Å². The summed E-state index contributed by atoms with van der Waals surface area (Å²) in [7, 11) is 0. The third kappa shape index (κ3) is 1.77. The highest BCUT2D eigenvalue weighted by atomic mass is 16.1. The smallest absolute Gasteiger partial charge is 0.144 e. The van der Waals surface area contributed by atoms with Crippen LogP contribution in [0.5, 0.6) is 0 Å². The Kier molecular flexibility index (Phi) is 2.69. The molecule has 116 valence electrons. The molecule has 2 bridgehead atoms. The van der Waals surface area contributed by atoms with Crippen LogP contribution in [-0.4, -0.2) is 5.78 Å². The first-order valence-corrected chi connectivity index (χ1v) is 8.94. The summed E-state index contributed by atoms with van der Waals surface area (Å²) >= 11 is 0. The Hall–Kier alpha value is -1.89. The number of benzene rings is 2. The summed E-state index contributed by atoms with van der Waals surface area (Å²) in [5.41, 5.74) is 5.62. The Morgan fingerprint density at radius 2 is 2.09 bits per heavy atom. The van der Waals surface area contributed by atoms with Crippen LogP contribution in [0, 0.1) is 11.3 Å². The van der Waals surface area contributed by atoms with Crippen molar-refractivity contribution in [3.63, 3.8) is 0 Å². The van der Waals surface area contributed by atoms with Gasteiger partial charge in [0.2, 0.25) is 0 Å². The highest BCUT2D eigenvalue weighted by molar-refractivity contribution is 5.94. The minimum Gasteiger partial charge on any atom is -0.299 e. The van der Waals surface area contributed by atoms with E-state index >= 15 is 0 Å². The number of Topliss-reactive ketones (excluding diaryl/α,β-unsaturated/α-hetero) is 1. The van der Waals surface area contributed by atoms with E-state index in [1.807, 2.05) is 0 Å². The van der Waals surface area contributed by atoms with Crippen molar-refractivity contribution >= 4 is 16.6 Å². The van der Waals surface area contributed by atoms with Gasteiger partial charge in [0.1, 0.15) is 5.78 Å². The van der Waals surface area contributed by atoms with Gasteiger partial charge in [0.15, 0.2) is 0 Å². The Balaban J connectivity index is 1.66. The minimum atomic E-state index is -0.0636. The standard InChI is InChI=1S/C22H22O/c1-2-15-4-3-5-16-9-17-11-21(23)22(13-18(17)10-20(15)16)12-14-6-7-19(22)8-14/h3-6,9-10,19H,2,7-8,11-13H2,1H3. The van der Waals surface area contributed by atoms with Crippen LogP contribution in [0.15, 0.2) is 42.0 Å². The van der Waals surface area contributed by atoms with E-state index in [1.54, 1.807) is 5.57 Å². The van der Waals surface area contributed by atoms with Gasteiger partial charge in [-0.25, -0.2) is 0 Å². The van der Waals surface area contributed by atoms with Crippen LogP contribution in [-0.2, 0) is 24.1 Å². The molecule has 0 aromatic heterocycles. The SMILES string of the molecule is CCc1cccc2cc3c(cc12)CC1(CC2=CCC1C2)C(=O)C3. The molecule has 2 unspecified atom stereocenters. The summed E-state index contributed by atoms with van der Waals surface area (Å²) < 4.78 is 0. The number of rotatable bonds is 1. The molecular weight excluding hydrogens is 280 g/mol. The molecule has 1 saturated carbocycles. The number of hydrogen-bond acceptors (Lipinski definition) is 1. The quantitative estimate of drug-likeness (QED) is 0.692. The fourth-order valence-corrected chi connectivity index (χ4v) is 5.35. The molecular formula is C22H22O. The zero-order valence-corrected chi connectivity index (χ0v) is 13.7. The lowest BCUT2D eigenvalue weighted by molar-refractivity contribution is -0.131. The number of carbonyl (C=O) groups is 1. The third-order valence-electron chi connectivity index (χ3n) is 6.61. The first kappa shape index (κ1) is 13.5. The number of aryl methyl sites for hydroxylation is 1. The molecule has 0 N–H and O–H groups in total. The van der Waals surface area contributed by atoms with Gasteiger partial charge in [0.25, 0.3) is 0 Å². The topological polar surface area (TPSA) is 17.1 Å². The summed E-state index contributed by atoms with van der Waals surface area (Å²) in [6.45, 7) is 2.22. The van der Waals surface area contributed by atoms with Crippen LogP contribution in [0.3, 0.4) is 0 Å². The number of allylic oxidation sites excluding steroid dienone is 2. The molecule has 1 nitrogen and oxygen atoms in total. The van der Waals surface area contributed by atoms with Crippen LogP contribution in [0.25, 0.3) is 10.8 Å². The average Bonchev–Trinajstić information content (AvgIpc) is 3.15. The van der Waals surface area contributed by atoms with Crippen molar-refractivity contribution < 1.29 is 4.79 Å². The van der Waals surface area contributed by atoms with Crippen LogP contribution in [0.2, 0.25) is 0 Å². The van der Waals surface area contributed by atoms with Crippen LogP contribution in [0.4, 0.5) is 0 Å². The van der Waals surface area contributed by atoms with Crippen molar-refractivity contribution in [3.8, 4) is 0 Å². The maximum absolute atomic E-state index is 13.0. The lowest BCUT2D eigenvalue weighted by atomic mass is 9.63. The van der Waals surface area contributed by atoms with E-state index in [1.165, 1.54) is 33.9 Å². The van der Waals surface area contributed by atoms with E-state index in [2.05, 4.69) is 43.3 Å². The van der Waals surface area contributed by atoms with Crippen molar-refractivity contribution in [2.24, 2.45) is 11.3 Å². The van der Waals surface area contributed by atoms with Gasteiger partial charge in [0, 0.05) is 11.8 Å². The number of carbonyl (C=O) groups excluding carboxylic acids is 1. The molecule has 0 amide bonds.